The summed E-state index contributed by atoms with van der Waals surface area (Å²) in [7, 11) is 0. The Labute approximate surface area is 166 Å². The number of anilines is 1. The van der Waals surface area contributed by atoms with Gasteiger partial charge < -0.3 is 4.90 Å². The first kappa shape index (κ1) is 18.6. The van der Waals surface area contributed by atoms with Crippen molar-refractivity contribution in [2.45, 2.75) is 26.4 Å². The topological polar surface area (TPSA) is 50.1 Å². The molecule has 1 aromatic heterocycles. The number of rotatable bonds is 6. The lowest BCUT2D eigenvalue weighted by Gasteiger charge is -2.41. The Bertz CT molecular complexity index is 853. The van der Waals surface area contributed by atoms with Crippen molar-refractivity contribution in [3.05, 3.63) is 72.1 Å². The average molecular weight is 377 g/mol. The van der Waals surface area contributed by atoms with Crippen molar-refractivity contribution >= 4 is 5.69 Å². The minimum atomic E-state index is 0.219. The number of hydrogen-bond acceptors (Lipinski definition) is 5. The largest absolute Gasteiger partial charge is 0.369 e. The van der Waals surface area contributed by atoms with Gasteiger partial charge in [0.2, 0.25) is 0 Å². The van der Waals surface area contributed by atoms with Gasteiger partial charge in [0.15, 0.2) is 5.82 Å². The lowest BCUT2D eigenvalue weighted by Crippen LogP contribution is -2.49. The molecule has 0 radical (unpaired) electrons. The van der Waals surface area contributed by atoms with E-state index in [1.54, 1.807) is 0 Å². The van der Waals surface area contributed by atoms with Crippen LogP contribution in [0.5, 0.6) is 0 Å². The normalized spacial score (nSPS) is 16.5. The number of benzene rings is 2. The van der Waals surface area contributed by atoms with Crippen LogP contribution in [0.1, 0.15) is 31.3 Å². The molecule has 0 saturated carbocycles. The minimum Gasteiger partial charge on any atom is -0.369 e. The SMILES string of the molecule is CC(C)[C@@H](c1nnnn1Cc1ccccc1)N1CCN(c2ccccc2)CC1. The zero-order valence-electron chi connectivity index (χ0n) is 16.6. The lowest BCUT2D eigenvalue weighted by atomic mass is 10.0. The van der Waals surface area contributed by atoms with Gasteiger partial charge in [0.05, 0.1) is 12.6 Å². The third-order valence-corrected chi connectivity index (χ3v) is 5.46. The average Bonchev–Trinajstić information content (AvgIpc) is 3.17. The van der Waals surface area contributed by atoms with Gasteiger partial charge in [-0.2, -0.15) is 0 Å². The Hall–Kier alpha value is -2.73. The van der Waals surface area contributed by atoms with Gasteiger partial charge in [-0.25, -0.2) is 4.68 Å². The lowest BCUT2D eigenvalue weighted by molar-refractivity contribution is 0.135. The number of nitrogens with zero attached hydrogens (tertiary/aromatic N) is 6. The molecule has 0 bridgehead atoms. The van der Waals surface area contributed by atoms with Crippen LogP contribution in [0.25, 0.3) is 0 Å². The Kier molecular flexibility index (Phi) is 5.67. The minimum absolute atomic E-state index is 0.219. The molecule has 0 N–H and O–H groups in total. The summed E-state index contributed by atoms with van der Waals surface area (Å²) in [6, 6.07) is 21.3. The van der Waals surface area contributed by atoms with E-state index >= 15 is 0 Å². The quantitative estimate of drug-likeness (QED) is 0.661. The molecule has 3 aromatic rings. The summed E-state index contributed by atoms with van der Waals surface area (Å²) in [5.41, 5.74) is 2.52. The van der Waals surface area contributed by atoms with Crippen LogP contribution < -0.4 is 4.90 Å². The fraction of sp³-hybridized carbons (Fsp3) is 0.409. The molecule has 2 aromatic carbocycles. The first-order valence-corrected chi connectivity index (χ1v) is 10.1. The number of piperazine rings is 1. The standard InChI is InChI=1S/C22H28N6/c1-18(2)21(22-23-24-25-28(22)17-19-9-5-3-6-10-19)27-15-13-26(14-16-27)20-11-7-4-8-12-20/h3-12,18,21H,13-17H2,1-2H3/t21-/m0/s1. The summed E-state index contributed by atoms with van der Waals surface area (Å²) in [6.07, 6.45) is 0. The molecule has 28 heavy (non-hydrogen) atoms. The fourth-order valence-corrected chi connectivity index (χ4v) is 4.07. The molecule has 1 saturated heterocycles. The molecule has 0 amide bonds. The van der Waals surface area contributed by atoms with Crippen molar-refractivity contribution in [1.29, 1.82) is 0 Å². The van der Waals surface area contributed by atoms with Crippen LogP contribution in [-0.4, -0.2) is 51.3 Å². The molecule has 4 rings (SSSR count). The molecule has 0 aliphatic carbocycles. The van der Waals surface area contributed by atoms with Crippen molar-refractivity contribution in [3.63, 3.8) is 0 Å². The highest BCUT2D eigenvalue weighted by Gasteiger charge is 2.31. The first-order valence-electron chi connectivity index (χ1n) is 10.1. The van der Waals surface area contributed by atoms with E-state index in [2.05, 4.69) is 93.8 Å². The third-order valence-electron chi connectivity index (χ3n) is 5.46. The molecule has 1 aliphatic heterocycles. The summed E-state index contributed by atoms with van der Waals surface area (Å²) in [6.45, 7) is 9.29. The van der Waals surface area contributed by atoms with E-state index in [-0.39, 0.29) is 6.04 Å². The van der Waals surface area contributed by atoms with Crippen LogP contribution >= 0.6 is 0 Å². The predicted octanol–water partition coefficient (Wildman–Crippen LogP) is 3.24. The van der Waals surface area contributed by atoms with Gasteiger partial charge in [0.25, 0.3) is 0 Å². The second-order valence-electron chi connectivity index (χ2n) is 7.73. The van der Waals surface area contributed by atoms with Crippen LogP contribution in [0.4, 0.5) is 5.69 Å². The maximum atomic E-state index is 4.43. The summed E-state index contributed by atoms with van der Waals surface area (Å²) in [5.74, 6) is 1.40. The van der Waals surface area contributed by atoms with Crippen molar-refractivity contribution < 1.29 is 0 Å². The van der Waals surface area contributed by atoms with E-state index in [1.807, 2.05) is 10.7 Å². The molecule has 0 unspecified atom stereocenters. The summed E-state index contributed by atoms with van der Waals surface area (Å²) in [4.78, 5) is 5.00. The van der Waals surface area contributed by atoms with Crippen molar-refractivity contribution in [1.82, 2.24) is 25.1 Å². The highest BCUT2D eigenvalue weighted by molar-refractivity contribution is 5.46. The maximum absolute atomic E-state index is 4.43. The second kappa shape index (κ2) is 8.52. The second-order valence-corrected chi connectivity index (χ2v) is 7.73. The third kappa shape index (κ3) is 4.07. The Morgan fingerprint density at radius 1 is 0.857 bits per heavy atom. The van der Waals surface area contributed by atoms with Gasteiger partial charge >= 0.3 is 0 Å². The number of tetrazole rings is 1. The zero-order valence-corrected chi connectivity index (χ0v) is 16.6. The van der Waals surface area contributed by atoms with Gasteiger partial charge in [0, 0.05) is 31.9 Å². The first-order chi connectivity index (χ1) is 13.7. The molecule has 1 fully saturated rings. The Balaban J connectivity index is 1.49. The van der Waals surface area contributed by atoms with Crippen molar-refractivity contribution in [2.75, 3.05) is 31.1 Å². The molecule has 146 valence electrons. The van der Waals surface area contributed by atoms with Gasteiger partial charge in [-0.1, -0.05) is 62.4 Å². The van der Waals surface area contributed by atoms with Crippen LogP contribution in [-0.2, 0) is 6.54 Å². The zero-order chi connectivity index (χ0) is 19.3. The highest BCUT2D eigenvalue weighted by Crippen LogP contribution is 2.29. The molecule has 0 spiro atoms. The van der Waals surface area contributed by atoms with Crippen LogP contribution in [0.2, 0.25) is 0 Å². The Morgan fingerprint density at radius 2 is 1.50 bits per heavy atom. The van der Waals surface area contributed by atoms with Crippen LogP contribution in [0, 0.1) is 5.92 Å². The van der Waals surface area contributed by atoms with E-state index in [0.717, 1.165) is 32.0 Å². The number of hydrogen-bond donors (Lipinski definition) is 0. The van der Waals surface area contributed by atoms with Gasteiger partial charge in [0.1, 0.15) is 0 Å². The fourth-order valence-electron chi connectivity index (χ4n) is 4.07. The van der Waals surface area contributed by atoms with E-state index in [9.17, 15) is 0 Å². The summed E-state index contributed by atoms with van der Waals surface area (Å²) < 4.78 is 1.96. The molecule has 1 aliphatic rings. The Morgan fingerprint density at radius 3 is 2.14 bits per heavy atom. The molecular formula is C22H28N6. The molecule has 1 atom stereocenters. The monoisotopic (exact) mass is 376 g/mol. The predicted molar refractivity (Wildman–Crippen MR) is 111 cm³/mol. The highest BCUT2D eigenvalue weighted by atomic mass is 15.6. The van der Waals surface area contributed by atoms with Crippen molar-refractivity contribution in [2.24, 2.45) is 5.92 Å². The molecule has 6 heteroatoms. The van der Waals surface area contributed by atoms with E-state index in [1.165, 1.54) is 11.3 Å². The van der Waals surface area contributed by atoms with Crippen LogP contribution in [0.15, 0.2) is 60.7 Å². The van der Waals surface area contributed by atoms with E-state index in [0.29, 0.717) is 12.5 Å². The summed E-state index contributed by atoms with van der Waals surface area (Å²) in [5, 5.41) is 12.7. The van der Waals surface area contributed by atoms with Gasteiger partial charge in [-0.15, -0.1) is 5.10 Å². The summed E-state index contributed by atoms with van der Waals surface area (Å²) >= 11 is 0. The molecular weight excluding hydrogens is 348 g/mol. The molecule has 2 heterocycles. The number of para-hydroxylation sites is 1. The maximum Gasteiger partial charge on any atom is 0.169 e. The van der Waals surface area contributed by atoms with E-state index < -0.39 is 0 Å². The van der Waals surface area contributed by atoms with E-state index in [4.69, 9.17) is 0 Å². The smallest absolute Gasteiger partial charge is 0.169 e. The van der Waals surface area contributed by atoms with Gasteiger partial charge in [-0.3, -0.25) is 4.90 Å². The van der Waals surface area contributed by atoms with Crippen LogP contribution in [0.3, 0.4) is 0 Å². The van der Waals surface area contributed by atoms with Crippen molar-refractivity contribution in [3.8, 4) is 0 Å². The number of aromatic nitrogens is 4. The molecule has 6 nitrogen and oxygen atoms in total. The van der Waals surface area contributed by atoms with Gasteiger partial charge in [-0.05, 0) is 34.0 Å².